The minimum Gasteiger partial charge on any atom is -0.495 e. The molecule has 1 N–H and O–H groups in total. The van der Waals surface area contributed by atoms with E-state index < -0.39 is 9.84 Å². The van der Waals surface area contributed by atoms with Gasteiger partial charge in [-0.3, -0.25) is 9.48 Å². The molecule has 3 aromatic rings. The molecule has 1 fully saturated rings. The van der Waals surface area contributed by atoms with E-state index in [0.29, 0.717) is 33.7 Å². The standard InChI is InChI=1S/C22H25ClN6O4S/c1-14(2)29-13-16(11-25-29)20-17(23)12-24-22(27-20)26-18-5-4-15(10-19(18)33-3)21(30)28-6-8-34(31,32)9-7-28/h4-5,10-14H,6-9H2,1-3H3,(H,24,26,27). The van der Waals surface area contributed by atoms with Crippen LogP contribution in [0.15, 0.2) is 36.8 Å². The number of carbonyl (C=O) groups is 1. The minimum atomic E-state index is -3.07. The molecule has 1 aliphatic rings. The highest BCUT2D eigenvalue weighted by Gasteiger charge is 2.26. The predicted octanol–water partition coefficient (Wildman–Crippen LogP) is 3.20. The lowest BCUT2D eigenvalue weighted by Crippen LogP contribution is -2.43. The van der Waals surface area contributed by atoms with Crippen LogP contribution in [-0.2, 0) is 9.84 Å². The number of hydrogen-bond donors (Lipinski definition) is 1. The van der Waals surface area contributed by atoms with Crippen LogP contribution in [0.5, 0.6) is 5.75 Å². The average Bonchev–Trinajstić information content (AvgIpc) is 3.30. The molecule has 34 heavy (non-hydrogen) atoms. The summed E-state index contributed by atoms with van der Waals surface area (Å²) >= 11 is 6.33. The SMILES string of the molecule is COc1cc(C(=O)N2CCS(=O)(=O)CC2)ccc1Nc1ncc(Cl)c(-c2cnn(C(C)C)c2)n1. The van der Waals surface area contributed by atoms with E-state index in [0.717, 1.165) is 5.56 Å². The minimum absolute atomic E-state index is 0.0260. The normalized spacial score (nSPS) is 15.4. The van der Waals surface area contributed by atoms with E-state index >= 15 is 0 Å². The van der Waals surface area contributed by atoms with E-state index in [1.54, 1.807) is 24.4 Å². The van der Waals surface area contributed by atoms with E-state index in [1.807, 2.05) is 24.7 Å². The number of halogens is 1. The second-order valence-electron chi connectivity index (χ2n) is 8.18. The van der Waals surface area contributed by atoms with Crippen LogP contribution in [0.1, 0.15) is 30.2 Å². The van der Waals surface area contributed by atoms with Crippen molar-refractivity contribution < 1.29 is 17.9 Å². The van der Waals surface area contributed by atoms with Gasteiger partial charge >= 0.3 is 0 Å². The third-order valence-corrected chi connectivity index (χ3v) is 7.36. The van der Waals surface area contributed by atoms with E-state index in [4.69, 9.17) is 16.3 Å². The fourth-order valence-electron chi connectivity index (χ4n) is 3.52. The second-order valence-corrected chi connectivity index (χ2v) is 10.9. The first-order valence-electron chi connectivity index (χ1n) is 10.7. The molecule has 0 spiro atoms. The lowest BCUT2D eigenvalue weighted by atomic mass is 10.1. The fourth-order valence-corrected chi connectivity index (χ4v) is 4.92. The summed E-state index contributed by atoms with van der Waals surface area (Å²) in [6.07, 6.45) is 5.08. The summed E-state index contributed by atoms with van der Waals surface area (Å²) in [5, 5.41) is 7.84. The monoisotopic (exact) mass is 504 g/mol. The Kier molecular flexibility index (Phi) is 6.76. The first kappa shape index (κ1) is 24.0. The molecule has 4 rings (SSSR count). The van der Waals surface area contributed by atoms with Crippen molar-refractivity contribution >= 4 is 39.0 Å². The molecule has 0 unspecified atom stereocenters. The number of methoxy groups -OCH3 is 1. The van der Waals surface area contributed by atoms with Gasteiger partial charge < -0.3 is 15.0 Å². The number of nitrogens with zero attached hydrogens (tertiary/aromatic N) is 5. The third kappa shape index (κ3) is 5.15. The van der Waals surface area contributed by atoms with Crippen LogP contribution < -0.4 is 10.1 Å². The molecular weight excluding hydrogens is 480 g/mol. The van der Waals surface area contributed by atoms with Gasteiger partial charge in [0.1, 0.15) is 5.75 Å². The Morgan fingerprint density at radius 3 is 2.59 bits per heavy atom. The Morgan fingerprint density at radius 2 is 1.94 bits per heavy atom. The molecule has 0 bridgehead atoms. The Balaban J connectivity index is 1.55. The fraction of sp³-hybridized carbons (Fsp3) is 0.364. The summed E-state index contributed by atoms with van der Waals surface area (Å²) in [6, 6.07) is 5.16. The van der Waals surface area contributed by atoms with Gasteiger partial charge in [0.2, 0.25) is 5.95 Å². The molecule has 180 valence electrons. The topological polar surface area (TPSA) is 119 Å². The molecule has 12 heteroatoms. The van der Waals surface area contributed by atoms with Gasteiger partial charge in [-0.05, 0) is 32.0 Å². The summed E-state index contributed by atoms with van der Waals surface area (Å²) in [6.45, 7) is 4.41. The highest BCUT2D eigenvalue weighted by atomic mass is 35.5. The molecule has 0 aliphatic carbocycles. The van der Waals surface area contributed by atoms with Gasteiger partial charge in [-0.2, -0.15) is 5.10 Å². The van der Waals surface area contributed by atoms with Crippen molar-refractivity contribution in [3.05, 3.63) is 47.4 Å². The molecule has 0 atom stereocenters. The third-order valence-electron chi connectivity index (χ3n) is 5.47. The van der Waals surface area contributed by atoms with Crippen LogP contribution in [0.4, 0.5) is 11.6 Å². The van der Waals surface area contributed by atoms with Crippen molar-refractivity contribution in [3.63, 3.8) is 0 Å². The first-order chi connectivity index (χ1) is 16.2. The summed E-state index contributed by atoms with van der Waals surface area (Å²) in [5.41, 5.74) is 2.27. The Labute approximate surface area is 202 Å². The number of carbonyl (C=O) groups excluding carboxylic acids is 1. The Morgan fingerprint density at radius 1 is 1.21 bits per heavy atom. The number of ether oxygens (including phenoxy) is 1. The van der Waals surface area contributed by atoms with Gasteiger partial charge in [-0.25, -0.2) is 18.4 Å². The molecule has 1 aliphatic heterocycles. The van der Waals surface area contributed by atoms with Crippen molar-refractivity contribution in [3.8, 4) is 17.0 Å². The van der Waals surface area contributed by atoms with Gasteiger partial charge in [0.05, 0.1) is 47.4 Å². The van der Waals surface area contributed by atoms with Gasteiger partial charge in [-0.1, -0.05) is 11.6 Å². The molecular formula is C22H25ClN6O4S. The second kappa shape index (κ2) is 9.59. The largest absolute Gasteiger partial charge is 0.495 e. The maximum atomic E-state index is 12.8. The number of benzene rings is 1. The van der Waals surface area contributed by atoms with E-state index in [1.165, 1.54) is 18.2 Å². The number of rotatable bonds is 6. The molecule has 0 radical (unpaired) electrons. The lowest BCUT2D eigenvalue weighted by Gasteiger charge is -2.27. The molecule has 0 saturated carbocycles. The average molecular weight is 505 g/mol. The summed E-state index contributed by atoms with van der Waals surface area (Å²) in [5.74, 6) is 0.425. The zero-order valence-electron chi connectivity index (χ0n) is 19.0. The molecule has 1 saturated heterocycles. The number of amides is 1. The van der Waals surface area contributed by atoms with Crippen LogP contribution in [0.2, 0.25) is 5.02 Å². The lowest BCUT2D eigenvalue weighted by molar-refractivity contribution is 0.0770. The Hall–Kier alpha value is -3.18. The highest BCUT2D eigenvalue weighted by Crippen LogP contribution is 2.31. The van der Waals surface area contributed by atoms with E-state index in [2.05, 4.69) is 20.4 Å². The Bertz CT molecular complexity index is 1310. The number of nitrogens with one attached hydrogen (secondary N) is 1. The summed E-state index contributed by atoms with van der Waals surface area (Å²) < 4.78 is 30.6. The summed E-state index contributed by atoms with van der Waals surface area (Å²) in [7, 11) is -1.58. The number of anilines is 2. The maximum Gasteiger partial charge on any atom is 0.254 e. The molecule has 3 heterocycles. The van der Waals surface area contributed by atoms with Crippen molar-refractivity contribution in [1.29, 1.82) is 0 Å². The smallest absolute Gasteiger partial charge is 0.254 e. The van der Waals surface area contributed by atoms with Gasteiger partial charge in [0.25, 0.3) is 5.91 Å². The quantitative estimate of drug-likeness (QED) is 0.543. The zero-order valence-corrected chi connectivity index (χ0v) is 20.6. The van der Waals surface area contributed by atoms with Crippen molar-refractivity contribution in [2.75, 3.05) is 37.0 Å². The molecule has 10 nitrogen and oxygen atoms in total. The van der Waals surface area contributed by atoms with Gasteiger partial charge in [0.15, 0.2) is 9.84 Å². The predicted molar refractivity (Wildman–Crippen MR) is 129 cm³/mol. The van der Waals surface area contributed by atoms with Crippen LogP contribution >= 0.6 is 11.6 Å². The van der Waals surface area contributed by atoms with Gasteiger partial charge in [-0.15, -0.1) is 0 Å². The molecule has 2 aromatic heterocycles. The maximum absolute atomic E-state index is 12.8. The van der Waals surface area contributed by atoms with Crippen LogP contribution in [0, 0.1) is 0 Å². The van der Waals surface area contributed by atoms with E-state index in [-0.39, 0.29) is 36.5 Å². The number of hydrogen-bond acceptors (Lipinski definition) is 8. The zero-order chi connectivity index (χ0) is 24.5. The number of sulfone groups is 1. The van der Waals surface area contributed by atoms with Crippen molar-refractivity contribution in [1.82, 2.24) is 24.6 Å². The van der Waals surface area contributed by atoms with Crippen molar-refractivity contribution in [2.45, 2.75) is 19.9 Å². The van der Waals surface area contributed by atoms with E-state index in [9.17, 15) is 13.2 Å². The van der Waals surface area contributed by atoms with Crippen molar-refractivity contribution in [2.24, 2.45) is 0 Å². The van der Waals surface area contributed by atoms with Crippen LogP contribution in [0.25, 0.3) is 11.3 Å². The van der Waals surface area contributed by atoms with Crippen LogP contribution in [-0.4, -0.2) is 70.7 Å². The van der Waals surface area contributed by atoms with Gasteiger partial charge in [0, 0.05) is 36.5 Å². The van der Waals surface area contributed by atoms with Crippen LogP contribution in [0.3, 0.4) is 0 Å². The highest BCUT2D eigenvalue weighted by molar-refractivity contribution is 7.91. The summed E-state index contributed by atoms with van der Waals surface area (Å²) in [4.78, 5) is 23.2. The molecule has 1 aromatic carbocycles. The first-order valence-corrected chi connectivity index (χ1v) is 12.9. The number of aromatic nitrogens is 4. The molecule has 1 amide bonds.